The highest BCUT2D eigenvalue weighted by molar-refractivity contribution is 7.12. The lowest BCUT2D eigenvalue weighted by Gasteiger charge is -2.03. The number of hydrogen-bond acceptors (Lipinski definition) is 5. The lowest BCUT2D eigenvalue weighted by atomic mass is 10.2. The topological polar surface area (TPSA) is 50.7 Å². The van der Waals surface area contributed by atoms with E-state index in [0.717, 1.165) is 11.1 Å². The van der Waals surface area contributed by atoms with Gasteiger partial charge in [-0.15, -0.1) is 11.3 Å². The first-order valence-electron chi connectivity index (χ1n) is 5.83. The zero-order valence-electron chi connectivity index (χ0n) is 11.0. The van der Waals surface area contributed by atoms with Crippen molar-refractivity contribution in [3.8, 4) is 0 Å². The third-order valence-corrected chi connectivity index (χ3v) is 3.68. The van der Waals surface area contributed by atoms with Crippen LogP contribution in [0.5, 0.6) is 0 Å². The van der Waals surface area contributed by atoms with E-state index in [9.17, 15) is 9.18 Å². The van der Waals surface area contributed by atoms with Crippen LogP contribution in [0.15, 0.2) is 34.7 Å². The SMILES string of the molecule is COC(=O)c1scc(C)c1N/N=C/c1ccc(F)cc1. The molecule has 0 aliphatic carbocycles. The molecule has 0 bridgehead atoms. The van der Waals surface area contributed by atoms with Crippen LogP contribution >= 0.6 is 11.3 Å². The lowest BCUT2D eigenvalue weighted by molar-refractivity contribution is 0.0607. The van der Waals surface area contributed by atoms with Crippen LogP contribution in [0.2, 0.25) is 0 Å². The summed E-state index contributed by atoms with van der Waals surface area (Å²) in [6, 6.07) is 5.94. The molecule has 20 heavy (non-hydrogen) atoms. The highest BCUT2D eigenvalue weighted by Crippen LogP contribution is 2.28. The van der Waals surface area contributed by atoms with Gasteiger partial charge in [0.05, 0.1) is 19.0 Å². The Kier molecular flexibility index (Phi) is 4.47. The molecule has 104 valence electrons. The lowest BCUT2D eigenvalue weighted by Crippen LogP contribution is -2.02. The van der Waals surface area contributed by atoms with Gasteiger partial charge < -0.3 is 4.74 Å². The summed E-state index contributed by atoms with van der Waals surface area (Å²) in [5, 5.41) is 5.90. The van der Waals surface area contributed by atoms with Crippen LogP contribution in [0.4, 0.5) is 10.1 Å². The second kappa shape index (κ2) is 6.29. The minimum absolute atomic E-state index is 0.295. The first-order valence-corrected chi connectivity index (χ1v) is 6.71. The summed E-state index contributed by atoms with van der Waals surface area (Å²) in [4.78, 5) is 12.0. The van der Waals surface area contributed by atoms with Gasteiger partial charge in [0.15, 0.2) is 0 Å². The van der Waals surface area contributed by atoms with Crippen molar-refractivity contribution in [2.45, 2.75) is 6.92 Å². The number of hydrogen-bond donors (Lipinski definition) is 1. The molecule has 6 heteroatoms. The molecule has 0 saturated heterocycles. The van der Waals surface area contributed by atoms with Gasteiger partial charge in [0.2, 0.25) is 0 Å². The van der Waals surface area contributed by atoms with E-state index in [-0.39, 0.29) is 5.82 Å². The van der Waals surface area contributed by atoms with Gasteiger partial charge in [0, 0.05) is 0 Å². The van der Waals surface area contributed by atoms with E-state index >= 15 is 0 Å². The molecule has 0 atom stereocenters. The maximum Gasteiger partial charge on any atom is 0.350 e. The van der Waals surface area contributed by atoms with Gasteiger partial charge in [0.1, 0.15) is 10.7 Å². The number of hydrazone groups is 1. The van der Waals surface area contributed by atoms with Crippen LogP contribution < -0.4 is 5.43 Å². The van der Waals surface area contributed by atoms with Gasteiger partial charge >= 0.3 is 5.97 Å². The second-order valence-electron chi connectivity index (χ2n) is 4.04. The van der Waals surface area contributed by atoms with E-state index in [1.54, 1.807) is 18.3 Å². The number of carbonyl (C=O) groups excluding carboxylic acids is 1. The summed E-state index contributed by atoms with van der Waals surface area (Å²) in [7, 11) is 1.34. The molecule has 0 saturated carbocycles. The van der Waals surface area contributed by atoms with Crippen molar-refractivity contribution < 1.29 is 13.9 Å². The average molecular weight is 292 g/mol. The van der Waals surface area contributed by atoms with Crippen LogP contribution in [0.3, 0.4) is 0 Å². The summed E-state index contributed by atoms with van der Waals surface area (Å²) in [5.74, 6) is -0.695. The Hall–Kier alpha value is -2.21. The van der Waals surface area contributed by atoms with Crippen molar-refractivity contribution in [3.63, 3.8) is 0 Å². The number of nitrogens with zero attached hydrogens (tertiary/aromatic N) is 1. The van der Waals surface area contributed by atoms with E-state index in [0.29, 0.717) is 10.6 Å². The van der Waals surface area contributed by atoms with Gasteiger partial charge in [-0.1, -0.05) is 12.1 Å². The molecule has 0 unspecified atom stereocenters. The largest absolute Gasteiger partial charge is 0.465 e. The molecule has 0 aliphatic rings. The number of rotatable bonds is 4. The van der Waals surface area contributed by atoms with Gasteiger partial charge in [-0.3, -0.25) is 5.43 Å². The van der Waals surface area contributed by atoms with Crippen molar-refractivity contribution >= 4 is 29.2 Å². The maximum absolute atomic E-state index is 12.8. The molecule has 0 radical (unpaired) electrons. The number of benzene rings is 1. The molecule has 2 rings (SSSR count). The number of thiophene rings is 1. The van der Waals surface area contributed by atoms with E-state index in [1.807, 2.05) is 12.3 Å². The smallest absolute Gasteiger partial charge is 0.350 e. The predicted octanol–water partition coefficient (Wildman–Crippen LogP) is 3.43. The van der Waals surface area contributed by atoms with Crippen molar-refractivity contribution in [1.29, 1.82) is 0 Å². The van der Waals surface area contributed by atoms with E-state index in [4.69, 9.17) is 4.74 Å². The molecule has 0 spiro atoms. The zero-order chi connectivity index (χ0) is 14.5. The molecule has 4 nitrogen and oxygen atoms in total. The fraction of sp³-hybridized carbons (Fsp3) is 0.143. The third kappa shape index (κ3) is 3.21. The number of anilines is 1. The van der Waals surface area contributed by atoms with Crippen molar-refractivity contribution in [1.82, 2.24) is 0 Å². The molecule has 1 aromatic carbocycles. The van der Waals surface area contributed by atoms with Crippen LogP contribution in [0.25, 0.3) is 0 Å². The molecular formula is C14H13FN2O2S. The van der Waals surface area contributed by atoms with E-state index < -0.39 is 5.97 Å². The maximum atomic E-state index is 12.8. The highest BCUT2D eigenvalue weighted by atomic mass is 32.1. The Labute approximate surface area is 119 Å². The molecule has 1 aromatic heterocycles. The van der Waals surface area contributed by atoms with E-state index in [1.165, 1.54) is 30.6 Å². The number of halogens is 1. The number of methoxy groups -OCH3 is 1. The van der Waals surface area contributed by atoms with Crippen molar-refractivity contribution in [2.75, 3.05) is 12.5 Å². The van der Waals surface area contributed by atoms with Crippen LogP contribution in [0, 0.1) is 12.7 Å². The Morgan fingerprint density at radius 1 is 1.40 bits per heavy atom. The predicted molar refractivity (Wildman–Crippen MR) is 78.0 cm³/mol. The molecule has 0 aliphatic heterocycles. The summed E-state index contributed by atoms with van der Waals surface area (Å²) in [6.45, 7) is 1.87. The minimum Gasteiger partial charge on any atom is -0.465 e. The molecular weight excluding hydrogens is 279 g/mol. The molecule has 1 N–H and O–H groups in total. The molecule has 2 aromatic rings. The fourth-order valence-corrected chi connectivity index (χ4v) is 2.46. The minimum atomic E-state index is -0.400. The quantitative estimate of drug-likeness (QED) is 0.533. The highest BCUT2D eigenvalue weighted by Gasteiger charge is 2.15. The first-order chi connectivity index (χ1) is 9.61. The molecule has 0 amide bonds. The number of aryl methyl sites for hydroxylation is 1. The monoisotopic (exact) mass is 292 g/mol. The fourth-order valence-electron chi connectivity index (χ4n) is 1.55. The Morgan fingerprint density at radius 2 is 2.10 bits per heavy atom. The summed E-state index contributed by atoms with van der Waals surface area (Å²) < 4.78 is 17.5. The molecule has 1 heterocycles. The van der Waals surface area contributed by atoms with Gasteiger partial charge in [0.25, 0.3) is 0 Å². The zero-order valence-corrected chi connectivity index (χ0v) is 11.8. The normalized spacial score (nSPS) is 10.8. The standard InChI is InChI=1S/C14H13FN2O2S/c1-9-8-20-13(14(18)19-2)12(9)17-16-7-10-3-5-11(15)6-4-10/h3-8,17H,1-2H3/b16-7+. The van der Waals surface area contributed by atoms with E-state index in [2.05, 4.69) is 10.5 Å². The molecule has 0 fully saturated rings. The summed E-state index contributed by atoms with van der Waals surface area (Å²) in [6.07, 6.45) is 1.55. The van der Waals surface area contributed by atoms with Crippen LogP contribution in [-0.4, -0.2) is 19.3 Å². The Bertz CT molecular complexity index is 635. The Balaban J connectivity index is 2.12. The van der Waals surface area contributed by atoms with Crippen LogP contribution in [0.1, 0.15) is 20.8 Å². The van der Waals surface area contributed by atoms with Gasteiger partial charge in [-0.2, -0.15) is 5.10 Å². The number of carbonyl (C=O) groups is 1. The van der Waals surface area contributed by atoms with Crippen LogP contribution in [-0.2, 0) is 4.74 Å². The van der Waals surface area contributed by atoms with Crippen molar-refractivity contribution in [3.05, 3.63) is 51.5 Å². The van der Waals surface area contributed by atoms with Crippen molar-refractivity contribution in [2.24, 2.45) is 5.10 Å². The van der Waals surface area contributed by atoms with Gasteiger partial charge in [-0.05, 0) is 35.6 Å². The average Bonchev–Trinajstić information content (AvgIpc) is 2.82. The number of ether oxygens (including phenoxy) is 1. The summed E-state index contributed by atoms with van der Waals surface area (Å²) >= 11 is 1.30. The summed E-state index contributed by atoms with van der Waals surface area (Å²) in [5.41, 5.74) is 5.12. The third-order valence-electron chi connectivity index (χ3n) is 2.61. The first kappa shape index (κ1) is 14.2. The number of nitrogens with one attached hydrogen (secondary N) is 1. The second-order valence-corrected chi connectivity index (χ2v) is 4.92. The van der Waals surface area contributed by atoms with Gasteiger partial charge in [-0.25, -0.2) is 9.18 Å². The Morgan fingerprint density at radius 3 is 2.75 bits per heavy atom. The number of esters is 1.